The molecule has 0 radical (unpaired) electrons. The molecular formula is C9H9BrN4OS. The van der Waals surface area contributed by atoms with Crippen LogP contribution in [0.15, 0.2) is 16.0 Å². The van der Waals surface area contributed by atoms with Crippen LogP contribution in [0.5, 0.6) is 0 Å². The fourth-order valence-electron chi connectivity index (χ4n) is 1.17. The number of anilines is 1. The Bertz CT molecular complexity index is 520. The number of halogens is 1. The molecule has 84 valence electrons. The van der Waals surface area contributed by atoms with Crippen molar-refractivity contribution in [1.82, 2.24) is 14.8 Å². The second kappa shape index (κ2) is 4.34. The third-order valence-electron chi connectivity index (χ3n) is 2.13. The lowest BCUT2D eigenvalue weighted by Crippen LogP contribution is -2.13. The molecule has 1 N–H and O–H groups in total. The van der Waals surface area contributed by atoms with E-state index in [-0.39, 0.29) is 5.91 Å². The predicted octanol–water partition coefficient (Wildman–Crippen LogP) is 2.20. The van der Waals surface area contributed by atoms with Crippen molar-refractivity contribution in [3.8, 4) is 0 Å². The molecule has 0 saturated carbocycles. The van der Waals surface area contributed by atoms with Gasteiger partial charge in [0.05, 0.1) is 10.2 Å². The van der Waals surface area contributed by atoms with Crippen molar-refractivity contribution in [1.29, 1.82) is 0 Å². The van der Waals surface area contributed by atoms with Gasteiger partial charge in [-0.15, -0.1) is 11.3 Å². The van der Waals surface area contributed by atoms with Crippen LogP contribution >= 0.6 is 27.3 Å². The van der Waals surface area contributed by atoms with E-state index in [2.05, 4.69) is 31.3 Å². The highest BCUT2D eigenvalue weighted by Gasteiger charge is 2.18. The number of carbonyl (C=O) groups excluding carboxylic acids is 1. The van der Waals surface area contributed by atoms with Crippen molar-refractivity contribution in [2.24, 2.45) is 7.05 Å². The van der Waals surface area contributed by atoms with Crippen molar-refractivity contribution in [3.05, 3.63) is 27.4 Å². The normalized spacial score (nSPS) is 10.4. The molecule has 0 bridgehead atoms. The number of nitrogens with zero attached hydrogens (tertiary/aromatic N) is 3. The lowest BCUT2D eigenvalue weighted by atomic mass is 10.3. The van der Waals surface area contributed by atoms with E-state index in [1.807, 2.05) is 6.92 Å². The van der Waals surface area contributed by atoms with E-state index in [9.17, 15) is 4.79 Å². The van der Waals surface area contributed by atoms with Crippen LogP contribution in [0.1, 0.15) is 16.2 Å². The first-order chi connectivity index (χ1) is 7.59. The molecule has 0 atom stereocenters. The standard InChI is InChI=1S/C9H9BrN4OS/c1-5-6(10)7(13-14(5)2)8(15)12-9-11-3-4-16-9/h3-4H,1-2H3,(H,11,12,15). The summed E-state index contributed by atoms with van der Waals surface area (Å²) in [5, 5.41) is 9.18. The van der Waals surface area contributed by atoms with Gasteiger partial charge in [0.1, 0.15) is 0 Å². The van der Waals surface area contributed by atoms with Gasteiger partial charge < -0.3 is 0 Å². The van der Waals surface area contributed by atoms with Crippen LogP contribution in [-0.2, 0) is 7.05 Å². The van der Waals surface area contributed by atoms with E-state index in [0.717, 1.165) is 5.69 Å². The van der Waals surface area contributed by atoms with E-state index in [0.29, 0.717) is 15.3 Å². The summed E-state index contributed by atoms with van der Waals surface area (Å²) < 4.78 is 2.37. The Morgan fingerprint density at radius 2 is 2.38 bits per heavy atom. The maximum atomic E-state index is 11.8. The molecule has 0 aromatic carbocycles. The number of hydrogen-bond acceptors (Lipinski definition) is 4. The number of hydrogen-bond donors (Lipinski definition) is 1. The highest BCUT2D eigenvalue weighted by Crippen LogP contribution is 2.21. The largest absolute Gasteiger partial charge is 0.296 e. The predicted molar refractivity (Wildman–Crippen MR) is 65.7 cm³/mol. The fraction of sp³-hybridized carbons (Fsp3) is 0.222. The van der Waals surface area contributed by atoms with Crippen molar-refractivity contribution in [2.75, 3.05) is 5.32 Å². The molecule has 2 aromatic rings. The Hall–Kier alpha value is -1.21. The molecule has 5 nitrogen and oxygen atoms in total. The Balaban J connectivity index is 2.24. The molecule has 0 aliphatic rings. The molecule has 0 fully saturated rings. The van der Waals surface area contributed by atoms with Gasteiger partial charge in [-0.3, -0.25) is 14.8 Å². The van der Waals surface area contributed by atoms with Crippen LogP contribution < -0.4 is 5.32 Å². The molecule has 0 aliphatic heterocycles. The van der Waals surface area contributed by atoms with Crippen molar-refractivity contribution < 1.29 is 4.79 Å². The second-order valence-electron chi connectivity index (χ2n) is 3.16. The van der Waals surface area contributed by atoms with Crippen LogP contribution in [0.2, 0.25) is 0 Å². The molecule has 2 aromatic heterocycles. The molecule has 2 rings (SSSR count). The topological polar surface area (TPSA) is 59.8 Å². The van der Waals surface area contributed by atoms with Crippen LogP contribution in [0.4, 0.5) is 5.13 Å². The molecule has 7 heteroatoms. The monoisotopic (exact) mass is 300 g/mol. The average Bonchev–Trinajstić information content (AvgIpc) is 2.83. The Labute approximate surface area is 105 Å². The summed E-state index contributed by atoms with van der Waals surface area (Å²) in [6, 6.07) is 0. The molecular weight excluding hydrogens is 292 g/mol. The zero-order chi connectivity index (χ0) is 11.7. The van der Waals surface area contributed by atoms with Gasteiger partial charge in [-0.25, -0.2) is 4.98 Å². The lowest BCUT2D eigenvalue weighted by Gasteiger charge is -1.97. The van der Waals surface area contributed by atoms with Gasteiger partial charge in [-0.05, 0) is 22.9 Å². The zero-order valence-electron chi connectivity index (χ0n) is 8.69. The summed E-state index contributed by atoms with van der Waals surface area (Å²) in [5.74, 6) is -0.259. The quantitative estimate of drug-likeness (QED) is 0.925. The summed E-state index contributed by atoms with van der Waals surface area (Å²) >= 11 is 4.71. The summed E-state index contributed by atoms with van der Waals surface area (Å²) in [7, 11) is 1.79. The van der Waals surface area contributed by atoms with Gasteiger partial charge in [0.2, 0.25) is 0 Å². The fourth-order valence-corrected chi connectivity index (χ4v) is 2.21. The summed E-state index contributed by atoms with van der Waals surface area (Å²) in [6.07, 6.45) is 1.64. The molecule has 0 aliphatic carbocycles. The molecule has 0 saturated heterocycles. The maximum absolute atomic E-state index is 11.8. The SMILES string of the molecule is Cc1c(Br)c(C(=O)Nc2nccs2)nn1C. The van der Waals surface area contributed by atoms with Crippen LogP contribution in [0.25, 0.3) is 0 Å². The van der Waals surface area contributed by atoms with Crippen molar-refractivity contribution in [2.45, 2.75) is 6.92 Å². The lowest BCUT2D eigenvalue weighted by molar-refractivity contribution is 0.102. The Morgan fingerprint density at radius 1 is 1.62 bits per heavy atom. The van der Waals surface area contributed by atoms with E-state index in [1.54, 1.807) is 23.3 Å². The van der Waals surface area contributed by atoms with E-state index in [1.165, 1.54) is 11.3 Å². The van der Waals surface area contributed by atoms with Crippen LogP contribution in [0, 0.1) is 6.92 Å². The third kappa shape index (κ3) is 2.00. The van der Waals surface area contributed by atoms with Gasteiger partial charge in [0.25, 0.3) is 5.91 Å². The van der Waals surface area contributed by atoms with Crippen molar-refractivity contribution >= 4 is 38.3 Å². The zero-order valence-corrected chi connectivity index (χ0v) is 11.1. The number of carbonyl (C=O) groups is 1. The smallest absolute Gasteiger partial charge is 0.279 e. The first-order valence-corrected chi connectivity index (χ1v) is 6.17. The van der Waals surface area contributed by atoms with Gasteiger partial charge in [0, 0.05) is 18.6 Å². The van der Waals surface area contributed by atoms with Gasteiger partial charge in [-0.2, -0.15) is 5.10 Å². The molecule has 16 heavy (non-hydrogen) atoms. The van der Waals surface area contributed by atoms with E-state index in [4.69, 9.17) is 0 Å². The van der Waals surface area contributed by atoms with E-state index >= 15 is 0 Å². The highest BCUT2D eigenvalue weighted by atomic mass is 79.9. The third-order valence-corrected chi connectivity index (χ3v) is 3.77. The average molecular weight is 301 g/mol. The second-order valence-corrected chi connectivity index (χ2v) is 4.85. The summed E-state index contributed by atoms with van der Waals surface area (Å²) in [5.41, 5.74) is 1.28. The number of aromatic nitrogens is 3. The Morgan fingerprint density at radius 3 is 2.88 bits per heavy atom. The molecule has 0 unspecified atom stereocenters. The Kier molecular flexibility index (Phi) is 3.06. The maximum Gasteiger partial charge on any atom is 0.279 e. The molecule has 0 spiro atoms. The van der Waals surface area contributed by atoms with Gasteiger partial charge in [0.15, 0.2) is 10.8 Å². The van der Waals surface area contributed by atoms with Crippen molar-refractivity contribution in [3.63, 3.8) is 0 Å². The summed E-state index contributed by atoms with van der Waals surface area (Å²) in [6.45, 7) is 1.89. The number of rotatable bonds is 2. The number of thiazole rings is 1. The van der Waals surface area contributed by atoms with Crippen LogP contribution in [0.3, 0.4) is 0 Å². The van der Waals surface area contributed by atoms with Gasteiger partial charge >= 0.3 is 0 Å². The number of aryl methyl sites for hydroxylation is 1. The van der Waals surface area contributed by atoms with E-state index < -0.39 is 0 Å². The van der Waals surface area contributed by atoms with Crippen LogP contribution in [-0.4, -0.2) is 20.7 Å². The molecule has 2 heterocycles. The number of amides is 1. The number of nitrogens with one attached hydrogen (secondary N) is 1. The summed E-state index contributed by atoms with van der Waals surface area (Å²) in [4.78, 5) is 15.8. The minimum atomic E-state index is -0.259. The molecule has 1 amide bonds. The first kappa shape index (κ1) is 11.3. The first-order valence-electron chi connectivity index (χ1n) is 4.49. The highest BCUT2D eigenvalue weighted by molar-refractivity contribution is 9.10. The minimum Gasteiger partial charge on any atom is -0.296 e. The minimum absolute atomic E-state index is 0.259. The van der Waals surface area contributed by atoms with Gasteiger partial charge in [-0.1, -0.05) is 0 Å².